The molecule has 0 saturated heterocycles. The average Bonchev–Trinajstić information content (AvgIpc) is 2.70. The van der Waals surface area contributed by atoms with E-state index in [1.807, 2.05) is 0 Å². The Morgan fingerprint density at radius 2 is 1.70 bits per heavy atom. The monoisotopic (exact) mass is 459 g/mol. The van der Waals surface area contributed by atoms with Gasteiger partial charge in [0, 0.05) is 17.1 Å². The first-order chi connectivity index (χ1) is 14.1. The average molecular weight is 460 g/mol. The minimum atomic E-state index is -4.23. The van der Waals surface area contributed by atoms with E-state index >= 15 is 0 Å². The van der Waals surface area contributed by atoms with Gasteiger partial charge in [0.25, 0.3) is 0 Å². The molecule has 0 radical (unpaired) electrons. The number of ketones is 1. The van der Waals surface area contributed by atoms with Crippen LogP contribution in [0.4, 0.5) is 13.2 Å². The molecule has 0 aliphatic heterocycles. The third-order valence-electron chi connectivity index (χ3n) is 5.31. The van der Waals surface area contributed by atoms with Gasteiger partial charge in [0.05, 0.1) is 16.5 Å². The zero-order valence-corrected chi connectivity index (χ0v) is 17.8. The number of carbonyl (C=O) groups excluding carboxylic acids is 1. The second-order valence-corrected chi connectivity index (χ2v) is 9.66. The summed E-state index contributed by atoms with van der Waals surface area (Å²) in [4.78, 5) is 11.3. The summed E-state index contributed by atoms with van der Waals surface area (Å²) in [5.41, 5.74) is -0.697. The van der Waals surface area contributed by atoms with E-state index in [1.54, 1.807) is 0 Å². The highest BCUT2D eigenvalue weighted by molar-refractivity contribution is 7.89. The standard InChI is InChI=1S/C21H21ClF3NO3S/c1-13(27)17-11-6-14(20(24)21(17)25)12-26(19-5-3-2-4-18(19)23)30(28,29)16-9-7-15(22)8-10-16/h6-11,18-19H,2-5,12H2,1H3. The zero-order chi connectivity index (χ0) is 22.1. The number of hydrogen-bond donors (Lipinski definition) is 0. The molecule has 2 atom stereocenters. The topological polar surface area (TPSA) is 54.5 Å². The molecule has 4 nitrogen and oxygen atoms in total. The fraction of sp³-hybridized carbons (Fsp3) is 0.381. The van der Waals surface area contributed by atoms with Crippen LogP contribution in [0.3, 0.4) is 0 Å². The van der Waals surface area contributed by atoms with Crippen LogP contribution in [-0.4, -0.2) is 30.7 Å². The van der Waals surface area contributed by atoms with Crippen molar-refractivity contribution in [1.29, 1.82) is 0 Å². The first-order valence-electron chi connectivity index (χ1n) is 9.52. The van der Waals surface area contributed by atoms with Crippen LogP contribution in [-0.2, 0) is 16.6 Å². The SMILES string of the molecule is CC(=O)c1ccc(CN(C2CCCCC2F)S(=O)(=O)c2ccc(Cl)cc2)c(F)c1F. The Hall–Kier alpha value is -1.90. The molecule has 0 bridgehead atoms. The van der Waals surface area contributed by atoms with Crippen LogP contribution in [0.2, 0.25) is 5.02 Å². The largest absolute Gasteiger partial charge is 0.294 e. The van der Waals surface area contributed by atoms with E-state index in [1.165, 1.54) is 24.3 Å². The van der Waals surface area contributed by atoms with Crippen molar-refractivity contribution < 1.29 is 26.4 Å². The van der Waals surface area contributed by atoms with E-state index < -0.39 is 51.8 Å². The molecule has 30 heavy (non-hydrogen) atoms. The van der Waals surface area contributed by atoms with Crippen molar-refractivity contribution in [2.24, 2.45) is 0 Å². The Morgan fingerprint density at radius 1 is 1.07 bits per heavy atom. The Bertz CT molecular complexity index is 1040. The van der Waals surface area contributed by atoms with Crippen LogP contribution in [0, 0.1) is 11.6 Å². The molecular weight excluding hydrogens is 439 g/mol. The number of Topliss-reactive ketones (excluding diaryl/α,β-unsaturated/α-hetero) is 1. The molecule has 2 unspecified atom stereocenters. The van der Waals surface area contributed by atoms with Crippen LogP contribution in [0.15, 0.2) is 41.3 Å². The number of sulfonamides is 1. The van der Waals surface area contributed by atoms with Gasteiger partial charge in [0.2, 0.25) is 10.0 Å². The van der Waals surface area contributed by atoms with E-state index in [-0.39, 0.29) is 23.3 Å². The normalized spacial score (nSPS) is 19.8. The molecule has 1 aliphatic rings. The predicted octanol–water partition coefficient (Wildman–Crippen LogP) is 5.29. The molecule has 2 aromatic carbocycles. The maximum atomic E-state index is 14.7. The van der Waals surface area contributed by atoms with Gasteiger partial charge in [-0.3, -0.25) is 4.79 Å². The first kappa shape index (κ1) is 22.8. The van der Waals surface area contributed by atoms with E-state index in [4.69, 9.17) is 11.6 Å². The number of hydrogen-bond acceptors (Lipinski definition) is 3. The molecule has 0 N–H and O–H groups in total. The van der Waals surface area contributed by atoms with Gasteiger partial charge in [-0.05, 0) is 50.1 Å². The molecule has 3 rings (SSSR count). The lowest BCUT2D eigenvalue weighted by molar-refractivity contribution is 0.101. The van der Waals surface area contributed by atoms with Gasteiger partial charge in [-0.2, -0.15) is 4.31 Å². The molecule has 1 aliphatic carbocycles. The Morgan fingerprint density at radius 3 is 2.30 bits per heavy atom. The quantitative estimate of drug-likeness (QED) is 0.551. The number of benzene rings is 2. The van der Waals surface area contributed by atoms with Crippen LogP contribution < -0.4 is 0 Å². The third-order valence-corrected chi connectivity index (χ3v) is 7.44. The van der Waals surface area contributed by atoms with Crippen molar-refractivity contribution in [1.82, 2.24) is 4.31 Å². The lowest BCUT2D eigenvalue weighted by Crippen LogP contribution is -2.46. The van der Waals surface area contributed by atoms with E-state index in [0.717, 1.165) is 23.4 Å². The lowest BCUT2D eigenvalue weighted by atomic mass is 9.93. The summed E-state index contributed by atoms with van der Waals surface area (Å²) in [6.45, 7) is 0.543. The first-order valence-corrected chi connectivity index (χ1v) is 11.3. The molecule has 0 spiro atoms. The molecule has 9 heteroatoms. The highest BCUT2D eigenvalue weighted by Crippen LogP contribution is 2.32. The Balaban J connectivity index is 2.06. The highest BCUT2D eigenvalue weighted by Gasteiger charge is 2.38. The second kappa shape index (κ2) is 9.08. The molecule has 0 amide bonds. The lowest BCUT2D eigenvalue weighted by Gasteiger charge is -2.35. The van der Waals surface area contributed by atoms with E-state index in [2.05, 4.69) is 0 Å². The van der Waals surface area contributed by atoms with Crippen LogP contribution in [0.25, 0.3) is 0 Å². The van der Waals surface area contributed by atoms with E-state index in [0.29, 0.717) is 17.9 Å². The summed E-state index contributed by atoms with van der Waals surface area (Å²) in [7, 11) is -4.23. The van der Waals surface area contributed by atoms with Gasteiger partial charge < -0.3 is 0 Å². The van der Waals surface area contributed by atoms with Gasteiger partial charge in [0.15, 0.2) is 17.4 Å². The van der Waals surface area contributed by atoms with Crippen molar-refractivity contribution >= 4 is 27.4 Å². The van der Waals surface area contributed by atoms with Gasteiger partial charge in [0.1, 0.15) is 6.17 Å². The predicted molar refractivity (Wildman–Crippen MR) is 108 cm³/mol. The summed E-state index contributed by atoms with van der Waals surface area (Å²) >= 11 is 5.83. The van der Waals surface area contributed by atoms with Gasteiger partial charge >= 0.3 is 0 Å². The number of rotatable bonds is 6. The highest BCUT2D eigenvalue weighted by atomic mass is 35.5. The summed E-state index contributed by atoms with van der Waals surface area (Å²) in [6.07, 6.45) is 0.284. The fourth-order valence-electron chi connectivity index (χ4n) is 3.66. The summed E-state index contributed by atoms with van der Waals surface area (Å²) in [5, 5.41) is 0.328. The van der Waals surface area contributed by atoms with Gasteiger partial charge in [-0.25, -0.2) is 21.6 Å². The summed E-state index contributed by atoms with van der Waals surface area (Å²) in [6, 6.07) is 6.62. The van der Waals surface area contributed by atoms with E-state index in [9.17, 15) is 26.4 Å². The number of alkyl halides is 1. The van der Waals surface area contributed by atoms with Crippen molar-refractivity contribution in [2.45, 2.75) is 56.3 Å². The second-order valence-electron chi connectivity index (χ2n) is 7.33. The van der Waals surface area contributed by atoms with Crippen molar-refractivity contribution in [3.63, 3.8) is 0 Å². The number of halogens is 4. The van der Waals surface area contributed by atoms with Crippen molar-refractivity contribution in [3.8, 4) is 0 Å². The molecule has 0 heterocycles. The number of nitrogens with zero attached hydrogens (tertiary/aromatic N) is 1. The van der Waals surface area contributed by atoms with Crippen molar-refractivity contribution in [3.05, 3.63) is 64.2 Å². The number of carbonyl (C=O) groups is 1. The summed E-state index contributed by atoms with van der Waals surface area (Å²) < 4.78 is 71.2. The molecule has 2 aromatic rings. The maximum Gasteiger partial charge on any atom is 0.243 e. The van der Waals surface area contributed by atoms with Gasteiger partial charge in [-0.15, -0.1) is 0 Å². The molecule has 1 fully saturated rings. The summed E-state index contributed by atoms with van der Waals surface area (Å²) in [5.74, 6) is -3.31. The van der Waals surface area contributed by atoms with Gasteiger partial charge in [-0.1, -0.05) is 30.5 Å². The third kappa shape index (κ3) is 4.55. The Labute approximate surface area is 178 Å². The van der Waals surface area contributed by atoms with Crippen molar-refractivity contribution in [2.75, 3.05) is 0 Å². The molecular formula is C21H21ClF3NO3S. The zero-order valence-electron chi connectivity index (χ0n) is 16.2. The molecule has 162 valence electrons. The molecule has 0 aromatic heterocycles. The smallest absolute Gasteiger partial charge is 0.243 e. The van der Waals surface area contributed by atoms with Crippen LogP contribution in [0.5, 0.6) is 0 Å². The minimum Gasteiger partial charge on any atom is -0.294 e. The van der Waals surface area contributed by atoms with Crippen LogP contribution in [0.1, 0.15) is 48.5 Å². The maximum absolute atomic E-state index is 14.7. The van der Waals surface area contributed by atoms with Crippen LogP contribution >= 0.6 is 11.6 Å². The molecule has 1 saturated carbocycles. The fourth-order valence-corrected chi connectivity index (χ4v) is 5.44. The Kier molecular flexibility index (Phi) is 6.89. The minimum absolute atomic E-state index is 0.120.